The molecule has 0 aliphatic carbocycles. The Hall–Kier alpha value is -1.18. The topological polar surface area (TPSA) is 68.3 Å². The first-order valence-electron chi connectivity index (χ1n) is 7.96. The molecule has 2 rings (SSSR count). The predicted octanol–water partition coefficient (Wildman–Crippen LogP) is 0.583. The summed E-state index contributed by atoms with van der Waals surface area (Å²) in [5.74, 6) is -0.637. The first-order chi connectivity index (χ1) is 10.6. The average Bonchev–Trinajstić information content (AvgIpc) is 2.87. The van der Waals surface area contributed by atoms with Crippen molar-refractivity contribution in [3.05, 3.63) is 0 Å². The van der Waals surface area contributed by atoms with Gasteiger partial charge in [0, 0.05) is 19.5 Å². The summed E-state index contributed by atoms with van der Waals surface area (Å²) >= 11 is 0. The summed E-state index contributed by atoms with van der Waals surface area (Å²) in [6.45, 7) is 3.45. The minimum absolute atomic E-state index is 0.190. The van der Waals surface area contributed by atoms with Gasteiger partial charge < -0.3 is 9.64 Å². The summed E-state index contributed by atoms with van der Waals surface area (Å²) in [5, 5.41) is 0. The third-order valence-corrected chi connectivity index (χ3v) is 4.33. The van der Waals surface area contributed by atoms with E-state index in [1.807, 2.05) is 11.9 Å². The molecule has 22 heavy (non-hydrogen) atoms. The zero-order valence-electron chi connectivity index (χ0n) is 13.5. The molecule has 0 N–H and O–H groups in total. The van der Waals surface area contributed by atoms with Gasteiger partial charge in [0.1, 0.15) is 12.1 Å². The molecule has 2 saturated heterocycles. The number of likely N-dealkylation sites (tertiary alicyclic amines) is 2. The Morgan fingerprint density at radius 2 is 1.91 bits per heavy atom. The predicted molar refractivity (Wildman–Crippen MR) is 78.9 cm³/mol. The van der Waals surface area contributed by atoms with E-state index >= 15 is 0 Å². The molecule has 0 aromatic heterocycles. The van der Waals surface area contributed by atoms with Crippen molar-refractivity contribution in [3.8, 4) is 0 Å². The van der Waals surface area contributed by atoms with Gasteiger partial charge in [0.15, 0.2) is 0 Å². The second kappa shape index (κ2) is 8.45. The highest BCUT2D eigenvalue weighted by Crippen LogP contribution is 2.20. The van der Waals surface area contributed by atoms with Gasteiger partial charge in [-0.2, -0.15) is 4.89 Å². The summed E-state index contributed by atoms with van der Waals surface area (Å²) in [4.78, 5) is 36.7. The van der Waals surface area contributed by atoms with Gasteiger partial charge in [-0.05, 0) is 33.0 Å². The Labute approximate surface area is 131 Å². The van der Waals surface area contributed by atoms with Crippen LogP contribution in [0.25, 0.3) is 0 Å². The molecule has 0 amide bonds. The lowest BCUT2D eigenvalue weighted by molar-refractivity contribution is -0.258. The fourth-order valence-corrected chi connectivity index (χ4v) is 3.13. The van der Waals surface area contributed by atoms with Crippen molar-refractivity contribution in [1.29, 1.82) is 0 Å². The number of nitrogens with zero attached hydrogens (tertiary/aromatic N) is 2. The number of likely N-dealkylation sites (N-methyl/N-ethyl adjacent to an activating group) is 1. The molecule has 2 aliphatic rings. The summed E-state index contributed by atoms with van der Waals surface area (Å²) in [6.07, 6.45) is 4.32. The van der Waals surface area contributed by atoms with Crippen molar-refractivity contribution in [2.45, 2.75) is 44.2 Å². The van der Waals surface area contributed by atoms with E-state index in [0.29, 0.717) is 19.4 Å². The molecule has 7 heteroatoms. The van der Waals surface area contributed by atoms with Gasteiger partial charge in [-0.15, -0.1) is 0 Å². The zero-order chi connectivity index (χ0) is 15.9. The lowest BCUT2D eigenvalue weighted by Gasteiger charge is -2.26. The highest BCUT2D eigenvalue weighted by molar-refractivity contribution is 5.76. The maximum Gasteiger partial charge on any atom is 0.359 e. The molecule has 0 saturated carbocycles. The molecule has 0 radical (unpaired) electrons. The van der Waals surface area contributed by atoms with Crippen molar-refractivity contribution in [2.24, 2.45) is 0 Å². The summed E-state index contributed by atoms with van der Waals surface area (Å²) in [7, 11) is 3.11. The van der Waals surface area contributed by atoms with Gasteiger partial charge in [0.25, 0.3) is 0 Å². The molecule has 0 aromatic rings. The van der Waals surface area contributed by atoms with Crippen LogP contribution in [0.2, 0.25) is 0 Å². The smallest absolute Gasteiger partial charge is 0.359 e. The Morgan fingerprint density at radius 1 is 1.18 bits per heavy atom. The Morgan fingerprint density at radius 3 is 2.59 bits per heavy atom. The van der Waals surface area contributed by atoms with Crippen molar-refractivity contribution in [3.63, 3.8) is 0 Å². The van der Waals surface area contributed by atoms with Crippen molar-refractivity contribution < 1.29 is 24.1 Å². The third kappa shape index (κ3) is 4.93. The van der Waals surface area contributed by atoms with Crippen molar-refractivity contribution in [2.75, 3.05) is 40.3 Å². The standard InChI is InChI=1S/C15H26N2O5/c1-16-11-12(10-13(16)15(19)22-20-2)21-14(18)6-9-17-7-4-3-5-8-17/h12-13H,3-11H2,1-2H3/t12-,13-/m0/s1. The van der Waals surface area contributed by atoms with Crippen LogP contribution < -0.4 is 0 Å². The van der Waals surface area contributed by atoms with Crippen LogP contribution in [0, 0.1) is 0 Å². The molecule has 126 valence electrons. The molecule has 2 atom stereocenters. The van der Waals surface area contributed by atoms with Crippen LogP contribution in [0.15, 0.2) is 0 Å². The molecular formula is C15H26N2O5. The van der Waals surface area contributed by atoms with Crippen LogP contribution in [-0.2, 0) is 24.1 Å². The molecule has 2 heterocycles. The van der Waals surface area contributed by atoms with E-state index in [4.69, 9.17) is 4.74 Å². The maximum absolute atomic E-state index is 11.9. The molecule has 2 fully saturated rings. The largest absolute Gasteiger partial charge is 0.461 e. The number of ether oxygens (including phenoxy) is 1. The Balaban J connectivity index is 1.69. The van der Waals surface area contributed by atoms with Crippen LogP contribution in [0.5, 0.6) is 0 Å². The number of hydrogen-bond acceptors (Lipinski definition) is 7. The monoisotopic (exact) mass is 314 g/mol. The van der Waals surface area contributed by atoms with Crippen molar-refractivity contribution in [1.82, 2.24) is 9.80 Å². The molecule has 2 aliphatic heterocycles. The Bertz CT molecular complexity index is 384. The quantitative estimate of drug-likeness (QED) is 0.403. The summed E-state index contributed by atoms with van der Waals surface area (Å²) < 4.78 is 5.48. The minimum Gasteiger partial charge on any atom is -0.461 e. The van der Waals surface area contributed by atoms with Gasteiger partial charge in [-0.25, -0.2) is 4.79 Å². The number of hydrogen-bond donors (Lipinski definition) is 0. The molecule has 0 bridgehead atoms. The van der Waals surface area contributed by atoms with Crippen LogP contribution in [-0.4, -0.2) is 74.2 Å². The van der Waals surface area contributed by atoms with Gasteiger partial charge in [-0.3, -0.25) is 14.6 Å². The average molecular weight is 314 g/mol. The SMILES string of the molecule is COOC(=O)[C@@H]1C[C@H](OC(=O)CCN2CCCCC2)CN1C. The third-order valence-electron chi connectivity index (χ3n) is 4.33. The van der Waals surface area contributed by atoms with E-state index < -0.39 is 12.0 Å². The van der Waals surface area contributed by atoms with E-state index in [1.165, 1.54) is 26.4 Å². The molecular weight excluding hydrogens is 288 g/mol. The molecule has 7 nitrogen and oxygen atoms in total. The van der Waals surface area contributed by atoms with E-state index in [1.54, 1.807) is 0 Å². The van der Waals surface area contributed by atoms with Gasteiger partial charge in [-0.1, -0.05) is 6.42 Å². The second-order valence-corrected chi connectivity index (χ2v) is 6.02. The van der Waals surface area contributed by atoms with E-state index in [2.05, 4.69) is 14.7 Å². The number of piperidine rings is 1. The highest BCUT2D eigenvalue weighted by Gasteiger charge is 2.38. The first kappa shape index (κ1) is 17.2. The summed E-state index contributed by atoms with van der Waals surface area (Å²) in [6, 6.07) is -0.417. The lowest BCUT2D eigenvalue weighted by Crippen LogP contribution is -2.34. The fourth-order valence-electron chi connectivity index (χ4n) is 3.13. The fraction of sp³-hybridized carbons (Fsp3) is 0.867. The van der Waals surface area contributed by atoms with E-state index in [0.717, 1.165) is 19.6 Å². The number of rotatable bonds is 6. The summed E-state index contributed by atoms with van der Waals surface area (Å²) in [5.41, 5.74) is 0. The van der Waals surface area contributed by atoms with E-state index in [9.17, 15) is 9.59 Å². The Kier molecular flexibility index (Phi) is 6.60. The number of carbonyl (C=O) groups is 2. The van der Waals surface area contributed by atoms with Crippen LogP contribution >= 0.6 is 0 Å². The lowest BCUT2D eigenvalue weighted by atomic mass is 10.1. The van der Waals surface area contributed by atoms with Crippen LogP contribution in [0.1, 0.15) is 32.1 Å². The highest BCUT2D eigenvalue weighted by atomic mass is 17.2. The maximum atomic E-state index is 11.9. The van der Waals surface area contributed by atoms with Crippen molar-refractivity contribution >= 4 is 11.9 Å². The van der Waals surface area contributed by atoms with Gasteiger partial charge in [0.2, 0.25) is 0 Å². The normalized spacial score (nSPS) is 26.8. The molecule has 0 spiro atoms. The first-order valence-corrected chi connectivity index (χ1v) is 7.96. The van der Waals surface area contributed by atoms with Gasteiger partial charge in [0.05, 0.1) is 13.5 Å². The molecule has 0 unspecified atom stereocenters. The zero-order valence-corrected chi connectivity index (χ0v) is 13.5. The second-order valence-electron chi connectivity index (χ2n) is 6.02. The molecule has 0 aromatic carbocycles. The van der Waals surface area contributed by atoms with Crippen LogP contribution in [0.4, 0.5) is 0 Å². The number of esters is 1. The van der Waals surface area contributed by atoms with Gasteiger partial charge >= 0.3 is 11.9 Å². The van der Waals surface area contributed by atoms with E-state index in [-0.39, 0.29) is 12.1 Å². The van der Waals surface area contributed by atoms with Crippen LogP contribution in [0.3, 0.4) is 0 Å². The number of carbonyl (C=O) groups excluding carboxylic acids is 2. The minimum atomic E-state index is -0.447.